The van der Waals surface area contributed by atoms with Gasteiger partial charge in [-0.2, -0.15) is 0 Å². The van der Waals surface area contributed by atoms with Crippen LogP contribution in [0.4, 0.5) is 0 Å². The van der Waals surface area contributed by atoms with Crippen molar-refractivity contribution in [3.05, 3.63) is 0 Å². The molecule has 0 aromatic carbocycles. The molecular weight excluding hydrogens is 252 g/mol. The average Bonchev–Trinajstić information content (AvgIpc) is 2.68. The van der Waals surface area contributed by atoms with Crippen LogP contribution in [0.3, 0.4) is 0 Å². The van der Waals surface area contributed by atoms with Crippen molar-refractivity contribution in [1.29, 1.82) is 0 Å². The first-order valence-corrected chi connectivity index (χ1v) is 8.25. The van der Waals surface area contributed by atoms with Crippen molar-refractivity contribution in [3.8, 4) is 0 Å². The van der Waals surface area contributed by atoms with Crippen molar-refractivity contribution in [2.45, 2.75) is 45.1 Å². The third-order valence-corrected chi connectivity index (χ3v) is 4.34. The van der Waals surface area contributed by atoms with Crippen LogP contribution in [0.5, 0.6) is 0 Å². The Bertz CT molecular complexity index is 219. The highest BCUT2D eigenvalue weighted by atomic mass is 16.5. The topological polar surface area (TPSA) is 33.7 Å². The van der Waals surface area contributed by atoms with Gasteiger partial charge in [0.05, 0.1) is 13.2 Å². The molecule has 1 rings (SSSR count). The zero-order valence-electron chi connectivity index (χ0n) is 13.7. The monoisotopic (exact) mass is 286 g/mol. The predicted molar refractivity (Wildman–Crippen MR) is 84.2 cm³/mol. The molecule has 0 heterocycles. The van der Waals surface area contributed by atoms with Crippen LogP contribution in [0, 0.1) is 5.92 Å². The van der Waals surface area contributed by atoms with Gasteiger partial charge in [0, 0.05) is 39.9 Å². The van der Waals surface area contributed by atoms with E-state index in [1.165, 1.54) is 38.6 Å². The second kappa shape index (κ2) is 11.5. The van der Waals surface area contributed by atoms with Gasteiger partial charge in [-0.1, -0.05) is 26.2 Å². The van der Waals surface area contributed by atoms with E-state index in [2.05, 4.69) is 17.1 Å². The van der Waals surface area contributed by atoms with Crippen LogP contribution in [0.25, 0.3) is 0 Å². The van der Waals surface area contributed by atoms with Crippen molar-refractivity contribution in [1.82, 2.24) is 10.2 Å². The number of methoxy groups -OCH3 is 2. The maximum absolute atomic E-state index is 5.24. The second-order valence-corrected chi connectivity index (χ2v) is 5.85. The summed E-state index contributed by atoms with van der Waals surface area (Å²) in [5.41, 5.74) is 0. The molecule has 4 heteroatoms. The van der Waals surface area contributed by atoms with E-state index in [-0.39, 0.29) is 0 Å². The fourth-order valence-corrected chi connectivity index (χ4v) is 3.20. The summed E-state index contributed by atoms with van der Waals surface area (Å²) in [4.78, 5) is 2.51. The zero-order valence-corrected chi connectivity index (χ0v) is 13.7. The molecule has 0 bridgehead atoms. The van der Waals surface area contributed by atoms with Gasteiger partial charge in [0.15, 0.2) is 0 Å². The molecular formula is C16H34N2O2. The molecule has 1 saturated carbocycles. The number of ether oxygens (including phenoxy) is 2. The molecule has 0 aromatic heterocycles. The molecule has 1 aliphatic carbocycles. The minimum Gasteiger partial charge on any atom is -0.383 e. The molecule has 0 aliphatic heterocycles. The number of rotatable bonds is 10. The molecule has 1 N–H and O–H groups in total. The van der Waals surface area contributed by atoms with Crippen molar-refractivity contribution < 1.29 is 9.47 Å². The zero-order chi connectivity index (χ0) is 14.6. The molecule has 2 unspecified atom stereocenters. The van der Waals surface area contributed by atoms with Gasteiger partial charge >= 0.3 is 0 Å². The third kappa shape index (κ3) is 7.02. The lowest BCUT2D eigenvalue weighted by atomic mass is 9.94. The minimum atomic E-state index is 0.690. The summed E-state index contributed by atoms with van der Waals surface area (Å²) in [5.74, 6) is 0.770. The summed E-state index contributed by atoms with van der Waals surface area (Å²) >= 11 is 0. The highest BCUT2D eigenvalue weighted by Gasteiger charge is 2.24. The van der Waals surface area contributed by atoms with Crippen LogP contribution in [-0.2, 0) is 9.47 Å². The van der Waals surface area contributed by atoms with E-state index in [4.69, 9.17) is 9.47 Å². The van der Waals surface area contributed by atoms with E-state index in [1.54, 1.807) is 14.2 Å². The van der Waals surface area contributed by atoms with E-state index < -0.39 is 0 Å². The van der Waals surface area contributed by atoms with Crippen LogP contribution in [0.2, 0.25) is 0 Å². The fraction of sp³-hybridized carbons (Fsp3) is 1.00. The van der Waals surface area contributed by atoms with Crippen molar-refractivity contribution in [2.75, 3.05) is 53.6 Å². The van der Waals surface area contributed by atoms with Crippen molar-refractivity contribution in [2.24, 2.45) is 5.92 Å². The second-order valence-electron chi connectivity index (χ2n) is 5.85. The summed E-state index contributed by atoms with van der Waals surface area (Å²) in [6.45, 7) is 8.10. The Balaban J connectivity index is 2.51. The molecule has 0 radical (unpaired) electrons. The smallest absolute Gasteiger partial charge is 0.0589 e. The molecule has 20 heavy (non-hydrogen) atoms. The number of nitrogens with one attached hydrogen (secondary N) is 1. The van der Waals surface area contributed by atoms with Crippen LogP contribution < -0.4 is 5.32 Å². The first kappa shape index (κ1) is 17.9. The largest absolute Gasteiger partial charge is 0.383 e. The summed E-state index contributed by atoms with van der Waals surface area (Å²) < 4.78 is 10.5. The van der Waals surface area contributed by atoms with Gasteiger partial charge in [-0.3, -0.25) is 4.90 Å². The third-order valence-electron chi connectivity index (χ3n) is 4.34. The van der Waals surface area contributed by atoms with Gasteiger partial charge in [0.1, 0.15) is 0 Å². The molecule has 0 saturated heterocycles. The lowest BCUT2D eigenvalue weighted by Gasteiger charge is -2.32. The van der Waals surface area contributed by atoms with Gasteiger partial charge in [-0.25, -0.2) is 0 Å². The lowest BCUT2D eigenvalue weighted by molar-refractivity contribution is 0.0968. The summed E-state index contributed by atoms with van der Waals surface area (Å²) in [6.07, 6.45) is 6.85. The molecule has 4 nitrogen and oxygen atoms in total. The molecule has 0 aromatic rings. The Labute approximate surface area is 125 Å². The van der Waals surface area contributed by atoms with Crippen LogP contribution in [0.1, 0.15) is 39.0 Å². The van der Waals surface area contributed by atoms with Crippen molar-refractivity contribution >= 4 is 0 Å². The fourth-order valence-electron chi connectivity index (χ4n) is 3.20. The molecule has 120 valence electrons. The number of nitrogens with zero attached hydrogens (tertiary/aromatic N) is 1. The first-order chi connectivity index (χ1) is 9.81. The molecule has 1 fully saturated rings. The van der Waals surface area contributed by atoms with E-state index >= 15 is 0 Å². The van der Waals surface area contributed by atoms with E-state index in [0.29, 0.717) is 6.04 Å². The van der Waals surface area contributed by atoms with Crippen molar-refractivity contribution in [3.63, 3.8) is 0 Å². The Hall–Kier alpha value is -0.160. The highest BCUT2D eigenvalue weighted by molar-refractivity contribution is 4.81. The normalized spacial score (nSPS) is 24.0. The average molecular weight is 286 g/mol. The molecule has 0 amide bonds. The van der Waals surface area contributed by atoms with E-state index in [1.807, 2.05) is 0 Å². The maximum atomic E-state index is 5.24. The van der Waals surface area contributed by atoms with Gasteiger partial charge in [0.2, 0.25) is 0 Å². The highest BCUT2D eigenvalue weighted by Crippen LogP contribution is 2.24. The first-order valence-electron chi connectivity index (χ1n) is 8.25. The standard InChI is InChI=1S/C16H34N2O2/c1-4-17-16-9-7-5-6-8-15(16)14-18(10-12-19-2)11-13-20-3/h15-17H,4-14H2,1-3H3. The van der Waals surface area contributed by atoms with E-state index in [9.17, 15) is 0 Å². The van der Waals surface area contributed by atoms with Gasteiger partial charge < -0.3 is 14.8 Å². The van der Waals surface area contributed by atoms with Crippen LogP contribution in [0.15, 0.2) is 0 Å². The van der Waals surface area contributed by atoms with Gasteiger partial charge in [-0.15, -0.1) is 0 Å². The lowest BCUT2D eigenvalue weighted by Crippen LogP contribution is -2.43. The van der Waals surface area contributed by atoms with Crippen LogP contribution >= 0.6 is 0 Å². The maximum Gasteiger partial charge on any atom is 0.0589 e. The van der Waals surface area contributed by atoms with E-state index in [0.717, 1.165) is 38.8 Å². The Morgan fingerprint density at radius 1 is 1.00 bits per heavy atom. The van der Waals surface area contributed by atoms with Crippen LogP contribution in [-0.4, -0.2) is 64.6 Å². The quantitative estimate of drug-likeness (QED) is 0.624. The Kier molecular flexibility index (Phi) is 10.3. The summed E-state index contributed by atoms with van der Waals surface area (Å²) in [6, 6.07) is 0.690. The number of hydrogen-bond acceptors (Lipinski definition) is 4. The van der Waals surface area contributed by atoms with Gasteiger partial charge in [0.25, 0.3) is 0 Å². The predicted octanol–water partition coefficient (Wildman–Crippen LogP) is 2.14. The minimum absolute atomic E-state index is 0.690. The Morgan fingerprint density at radius 2 is 1.65 bits per heavy atom. The Morgan fingerprint density at radius 3 is 2.25 bits per heavy atom. The summed E-state index contributed by atoms with van der Waals surface area (Å²) in [5, 5.41) is 3.70. The molecule has 0 spiro atoms. The SMILES string of the molecule is CCNC1CCCCCC1CN(CCOC)CCOC. The van der Waals surface area contributed by atoms with Gasteiger partial charge in [-0.05, 0) is 25.3 Å². The molecule has 2 atom stereocenters. The molecule has 1 aliphatic rings. The number of hydrogen-bond donors (Lipinski definition) is 1. The summed E-state index contributed by atoms with van der Waals surface area (Å²) in [7, 11) is 3.56.